The topological polar surface area (TPSA) is 92.7 Å². The second kappa shape index (κ2) is 10.8. The van der Waals surface area contributed by atoms with Gasteiger partial charge in [0.05, 0.1) is 22.8 Å². The highest BCUT2D eigenvalue weighted by Gasteiger charge is 2.16. The van der Waals surface area contributed by atoms with Crippen LogP contribution in [0.15, 0.2) is 77.7 Å². The van der Waals surface area contributed by atoms with E-state index in [9.17, 15) is 13.2 Å². The molecule has 0 radical (unpaired) electrons. The maximum absolute atomic E-state index is 12.9. The number of nitrogens with one attached hydrogen (secondary N) is 1. The number of unbranched alkanes of at least 4 members (excludes halogenated alkanes) is 1. The average Bonchev–Trinajstić information content (AvgIpc) is 2.79. The molecule has 0 aliphatic rings. The lowest BCUT2D eigenvalue weighted by Crippen LogP contribution is -2.14. The van der Waals surface area contributed by atoms with E-state index in [1.54, 1.807) is 48.5 Å². The third-order valence-corrected chi connectivity index (χ3v) is 6.43. The number of aryl methyl sites for hydroxylation is 2. The number of ether oxygens (including phenoxy) is 1. The van der Waals surface area contributed by atoms with E-state index in [1.165, 1.54) is 12.1 Å². The number of aromatic carboxylic acids is 1. The highest BCUT2D eigenvalue weighted by atomic mass is 32.2. The van der Waals surface area contributed by atoms with Crippen LogP contribution in [0.4, 0.5) is 5.69 Å². The minimum absolute atomic E-state index is 0.166. The van der Waals surface area contributed by atoms with Gasteiger partial charge in [-0.15, -0.1) is 0 Å². The Morgan fingerprint density at radius 1 is 0.938 bits per heavy atom. The van der Waals surface area contributed by atoms with Crippen LogP contribution >= 0.6 is 0 Å². The summed E-state index contributed by atoms with van der Waals surface area (Å²) >= 11 is 0. The highest BCUT2D eigenvalue weighted by Crippen LogP contribution is 2.23. The van der Waals surface area contributed by atoms with Crippen LogP contribution in [0, 0.1) is 0 Å². The Kier molecular flexibility index (Phi) is 7.89. The van der Waals surface area contributed by atoms with Crippen LogP contribution in [0.1, 0.15) is 41.3 Å². The van der Waals surface area contributed by atoms with E-state index >= 15 is 0 Å². The molecule has 0 saturated heterocycles. The number of hydrogen-bond donors (Lipinski definition) is 2. The van der Waals surface area contributed by atoms with Crippen LogP contribution in [-0.4, -0.2) is 26.1 Å². The maximum atomic E-state index is 12.9. The lowest BCUT2D eigenvalue weighted by Gasteiger charge is -2.13. The molecule has 0 aliphatic heterocycles. The van der Waals surface area contributed by atoms with Crippen molar-refractivity contribution in [1.82, 2.24) is 0 Å². The van der Waals surface area contributed by atoms with E-state index in [1.807, 2.05) is 12.1 Å². The summed E-state index contributed by atoms with van der Waals surface area (Å²) in [4.78, 5) is 11.2. The number of anilines is 1. The Labute approximate surface area is 188 Å². The number of rotatable bonds is 11. The lowest BCUT2D eigenvalue weighted by atomic mass is 10.0. The fraction of sp³-hybridized carbons (Fsp3) is 0.240. The molecule has 0 fully saturated rings. The Bertz CT molecular complexity index is 1140. The zero-order valence-corrected chi connectivity index (χ0v) is 18.8. The van der Waals surface area contributed by atoms with E-state index in [2.05, 4.69) is 11.6 Å². The Hall–Kier alpha value is -3.32. The van der Waals surface area contributed by atoms with E-state index < -0.39 is 16.0 Å². The molecule has 2 N–H and O–H groups in total. The SMILES string of the molecule is CCCCOc1ccc(S(=O)(=O)Nc2ccccc2CCc2ccc(C(=O)O)cc2)cc1. The van der Waals surface area contributed by atoms with Crippen LogP contribution in [0.5, 0.6) is 5.75 Å². The van der Waals surface area contributed by atoms with Gasteiger partial charge in [-0.2, -0.15) is 0 Å². The number of carboxylic acid groups (broad SMARTS) is 1. The molecule has 0 bridgehead atoms. The second-order valence-electron chi connectivity index (χ2n) is 7.44. The summed E-state index contributed by atoms with van der Waals surface area (Å²) in [6.45, 7) is 2.69. The van der Waals surface area contributed by atoms with E-state index in [0.29, 0.717) is 30.9 Å². The largest absolute Gasteiger partial charge is 0.494 e. The van der Waals surface area contributed by atoms with Gasteiger partial charge in [-0.1, -0.05) is 43.7 Å². The molecule has 32 heavy (non-hydrogen) atoms. The second-order valence-corrected chi connectivity index (χ2v) is 9.12. The molecule has 0 aliphatic carbocycles. The first-order chi connectivity index (χ1) is 15.4. The van der Waals surface area contributed by atoms with Gasteiger partial charge in [0.2, 0.25) is 0 Å². The van der Waals surface area contributed by atoms with Crippen molar-refractivity contribution in [2.45, 2.75) is 37.5 Å². The van der Waals surface area contributed by atoms with Crippen LogP contribution < -0.4 is 9.46 Å². The summed E-state index contributed by atoms with van der Waals surface area (Å²) in [5, 5.41) is 9.01. The molecule has 6 nitrogen and oxygen atoms in total. The molecule has 3 aromatic carbocycles. The van der Waals surface area contributed by atoms with Gasteiger partial charge < -0.3 is 9.84 Å². The minimum Gasteiger partial charge on any atom is -0.494 e. The van der Waals surface area contributed by atoms with Crippen molar-refractivity contribution < 1.29 is 23.1 Å². The zero-order chi connectivity index (χ0) is 23.0. The van der Waals surface area contributed by atoms with Gasteiger partial charge in [-0.25, -0.2) is 13.2 Å². The smallest absolute Gasteiger partial charge is 0.335 e. The average molecular weight is 454 g/mol. The number of carboxylic acids is 1. The highest BCUT2D eigenvalue weighted by molar-refractivity contribution is 7.92. The van der Waals surface area contributed by atoms with Gasteiger partial charge in [0.1, 0.15) is 5.75 Å². The minimum atomic E-state index is -3.75. The predicted molar refractivity (Wildman–Crippen MR) is 125 cm³/mol. The Balaban J connectivity index is 1.68. The van der Waals surface area contributed by atoms with Crippen LogP contribution in [0.25, 0.3) is 0 Å². The third kappa shape index (κ3) is 6.34. The van der Waals surface area contributed by atoms with Crippen molar-refractivity contribution in [2.24, 2.45) is 0 Å². The molecule has 7 heteroatoms. The van der Waals surface area contributed by atoms with Crippen molar-refractivity contribution in [2.75, 3.05) is 11.3 Å². The van der Waals surface area contributed by atoms with E-state index in [-0.39, 0.29) is 10.5 Å². The molecule has 3 rings (SSSR count). The Morgan fingerprint density at radius 3 is 2.28 bits per heavy atom. The zero-order valence-electron chi connectivity index (χ0n) is 18.0. The van der Waals surface area contributed by atoms with E-state index in [0.717, 1.165) is 24.0 Å². The van der Waals surface area contributed by atoms with Crippen LogP contribution in [0.2, 0.25) is 0 Å². The fourth-order valence-electron chi connectivity index (χ4n) is 3.18. The fourth-order valence-corrected chi connectivity index (χ4v) is 4.28. The van der Waals surface area contributed by atoms with E-state index in [4.69, 9.17) is 9.84 Å². The van der Waals surface area contributed by atoms with Gasteiger partial charge in [-0.3, -0.25) is 4.72 Å². The maximum Gasteiger partial charge on any atom is 0.335 e. The molecular formula is C25H27NO5S. The summed E-state index contributed by atoms with van der Waals surface area (Å²) in [6.07, 6.45) is 3.24. The van der Waals surface area contributed by atoms with Crippen molar-refractivity contribution >= 4 is 21.7 Å². The first kappa shape index (κ1) is 23.3. The normalized spacial score (nSPS) is 11.2. The van der Waals surface area contributed by atoms with Gasteiger partial charge in [0, 0.05) is 0 Å². The third-order valence-electron chi connectivity index (χ3n) is 5.05. The van der Waals surface area contributed by atoms with Gasteiger partial charge >= 0.3 is 5.97 Å². The summed E-state index contributed by atoms with van der Waals surface area (Å²) in [5.41, 5.74) is 2.60. The molecule has 0 atom stereocenters. The van der Waals surface area contributed by atoms with Crippen LogP contribution in [0.3, 0.4) is 0 Å². The first-order valence-electron chi connectivity index (χ1n) is 10.5. The number of benzene rings is 3. The summed E-state index contributed by atoms with van der Waals surface area (Å²) in [5.74, 6) is -0.316. The molecule has 0 aromatic heterocycles. The molecule has 3 aromatic rings. The lowest BCUT2D eigenvalue weighted by molar-refractivity contribution is 0.0697. The number of carbonyl (C=O) groups is 1. The number of sulfonamides is 1. The standard InChI is InChI=1S/C25H27NO5S/c1-2-3-18-31-22-14-16-23(17-15-22)32(29,30)26-24-7-5-4-6-20(24)11-8-19-9-12-21(13-10-19)25(27)28/h4-7,9-10,12-17,26H,2-3,8,11,18H2,1H3,(H,27,28). The van der Waals surface area contributed by atoms with Crippen molar-refractivity contribution in [3.8, 4) is 5.75 Å². The first-order valence-corrected chi connectivity index (χ1v) is 12.0. The molecule has 168 valence electrons. The summed E-state index contributed by atoms with van der Waals surface area (Å²) in [7, 11) is -3.75. The summed E-state index contributed by atoms with van der Waals surface area (Å²) < 4.78 is 34.1. The van der Waals surface area contributed by atoms with Gasteiger partial charge in [-0.05, 0) is 72.9 Å². The monoisotopic (exact) mass is 453 g/mol. The molecule has 0 heterocycles. The molecule has 0 unspecified atom stereocenters. The van der Waals surface area contributed by atoms with Crippen molar-refractivity contribution in [3.63, 3.8) is 0 Å². The molecular weight excluding hydrogens is 426 g/mol. The number of hydrogen-bond acceptors (Lipinski definition) is 4. The summed E-state index contributed by atoms with van der Waals surface area (Å²) in [6, 6.07) is 20.4. The molecule has 0 saturated carbocycles. The van der Waals surface area contributed by atoms with Crippen molar-refractivity contribution in [3.05, 3.63) is 89.5 Å². The van der Waals surface area contributed by atoms with Gasteiger partial charge in [0.15, 0.2) is 0 Å². The Morgan fingerprint density at radius 2 is 1.62 bits per heavy atom. The van der Waals surface area contributed by atoms with Crippen LogP contribution in [-0.2, 0) is 22.9 Å². The molecule has 0 amide bonds. The number of para-hydroxylation sites is 1. The van der Waals surface area contributed by atoms with Gasteiger partial charge in [0.25, 0.3) is 10.0 Å². The quantitative estimate of drug-likeness (QED) is 0.392. The predicted octanol–water partition coefficient (Wildman–Crippen LogP) is 5.15. The molecule has 0 spiro atoms. The van der Waals surface area contributed by atoms with Crippen molar-refractivity contribution in [1.29, 1.82) is 0 Å².